The summed E-state index contributed by atoms with van der Waals surface area (Å²) in [5.74, 6) is 0.135. The van der Waals surface area contributed by atoms with Crippen LogP contribution in [0.5, 0.6) is 0 Å². The van der Waals surface area contributed by atoms with Crippen molar-refractivity contribution in [2.24, 2.45) is 22.2 Å². The van der Waals surface area contributed by atoms with Gasteiger partial charge in [0, 0.05) is 5.41 Å². The van der Waals surface area contributed by atoms with Crippen molar-refractivity contribution in [3.8, 4) is 0 Å². The summed E-state index contributed by atoms with van der Waals surface area (Å²) < 4.78 is 4.88. The van der Waals surface area contributed by atoms with Gasteiger partial charge in [0.05, 0.1) is 7.11 Å². The highest BCUT2D eigenvalue weighted by atomic mass is 16.5. The summed E-state index contributed by atoms with van der Waals surface area (Å²) in [5, 5.41) is 0. The standard InChI is InChI=1S/C16H26O3/c1-14(2)8-6-9-15(3)11(14)7-10-16(4,12(15)17)13(18)19-5/h11H,6-10H2,1-5H3/t11-,15-,16?/m0/s1. The lowest BCUT2D eigenvalue weighted by Gasteiger charge is -2.55. The van der Waals surface area contributed by atoms with Crippen molar-refractivity contribution in [1.29, 1.82) is 0 Å². The zero-order chi connectivity index (χ0) is 14.5. The smallest absolute Gasteiger partial charge is 0.319 e. The number of methoxy groups -OCH3 is 1. The Bertz CT molecular complexity index is 412. The van der Waals surface area contributed by atoms with Gasteiger partial charge in [0.1, 0.15) is 5.41 Å². The van der Waals surface area contributed by atoms with Gasteiger partial charge in [0.25, 0.3) is 0 Å². The van der Waals surface area contributed by atoms with Gasteiger partial charge < -0.3 is 4.74 Å². The first-order valence-electron chi connectivity index (χ1n) is 7.32. The number of carbonyl (C=O) groups is 2. The Hall–Kier alpha value is -0.860. The summed E-state index contributed by atoms with van der Waals surface area (Å²) in [4.78, 5) is 25.0. The number of ether oxygens (including phenoxy) is 1. The molecular weight excluding hydrogens is 240 g/mol. The first-order valence-corrected chi connectivity index (χ1v) is 7.32. The van der Waals surface area contributed by atoms with Crippen molar-refractivity contribution >= 4 is 11.8 Å². The van der Waals surface area contributed by atoms with Crippen LogP contribution >= 0.6 is 0 Å². The maximum Gasteiger partial charge on any atom is 0.319 e. The second kappa shape index (κ2) is 4.32. The molecule has 0 saturated heterocycles. The van der Waals surface area contributed by atoms with Crippen LogP contribution < -0.4 is 0 Å². The molecule has 0 aliphatic heterocycles. The van der Waals surface area contributed by atoms with Crippen molar-refractivity contribution in [1.82, 2.24) is 0 Å². The van der Waals surface area contributed by atoms with Crippen molar-refractivity contribution in [3.05, 3.63) is 0 Å². The molecule has 2 rings (SSSR count). The van der Waals surface area contributed by atoms with Crippen LogP contribution in [-0.2, 0) is 14.3 Å². The molecule has 3 nitrogen and oxygen atoms in total. The highest BCUT2D eigenvalue weighted by Gasteiger charge is 2.60. The van der Waals surface area contributed by atoms with E-state index in [4.69, 9.17) is 4.74 Å². The fourth-order valence-corrected chi connectivity index (χ4v) is 4.70. The molecule has 2 saturated carbocycles. The van der Waals surface area contributed by atoms with Gasteiger partial charge in [0.15, 0.2) is 5.78 Å². The van der Waals surface area contributed by atoms with Crippen LogP contribution in [0.4, 0.5) is 0 Å². The van der Waals surface area contributed by atoms with Crippen molar-refractivity contribution in [3.63, 3.8) is 0 Å². The van der Waals surface area contributed by atoms with E-state index in [-0.39, 0.29) is 22.6 Å². The van der Waals surface area contributed by atoms with Crippen molar-refractivity contribution in [2.75, 3.05) is 7.11 Å². The summed E-state index contributed by atoms with van der Waals surface area (Å²) in [6, 6.07) is 0. The first kappa shape index (κ1) is 14.5. The van der Waals surface area contributed by atoms with E-state index in [2.05, 4.69) is 20.8 Å². The highest BCUT2D eigenvalue weighted by Crippen LogP contribution is 2.59. The van der Waals surface area contributed by atoms with E-state index in [1.165, 1.54) is 13.5 Å². The quantitative estimate of drug-likeness (QED) is 0.540. The maximum atomic E-state index is 13.0. The summed E-state index contributed by atoms with van der Waals surface area (Å²) in [6.45, 7) is 8.37. The molecule has 0 amide bonds. The van der Waals surface area contributed by atoms with Gasteiger partial charge in [-0.1, -0.05) is 27.2 Å². The predicted molar refractivity (Wildman–Crippen MR) is 73.6 cm³/mol. The summed E-state index contributed by atoms with van der Waals surface area (Å²) in [7, 11) is 1.38. The number of hydrogen-bond acceptors (Lipinski definition) is 3. The lowest BCUT2D eigenvalue weighted by atomic mass is 9.47. The van der Waals surface area contributed by atoms with Crippen LogP contribution in [0.1, 0.15) is 59.8 Å². The number of rotatable bonds is 1. The number of Topliss-reactive ketones (excluding diaryl/α,β-unsaturated/α-hetero) is 1. The third kappa shape index (κ3) is 1.93. The Kier molecular flexibility index (Phi) is 3.31. The molecule has 3 heteroatoms. The third-order valence-corrected chi connectivity index (χ3v) is 5.82. The van der Waals surface area contributed by atoms with Gasteiger partial charge >= 0.3 is 5.97 Å². The predicted octanol–water partition coefficient (Wildman–Crippen LogP) is 3.36. The van der Waals surface area contributed by atoms with Crippen LogP contribution in [0.15, 0.2) is 0 Å². The monoisotopic (exact) mass is 266 g/mol. The van der Waals surface area contributed by atoms with Gasteiger partial charge in [-0.3, -0.25) is 9.59 Å². The van der Waals surface area contributed by atoms with Gasteiger partial charge in [-0.05, 0) is 43.9 Å². The van der Waals surface area contributed by atoms with Crippen LogP contribution in [-0.4, -0.2) is 18.9 Å². The van der Waals surface area contributed by atoms with E-state index in [0.717, 1.165) is 19.3 Å². The zero-order valence-corrected chi connectivity index (χ0v) is 12.8. The van der Waals surface area contributed by atoms with E-state index in [1.54, 1.807) is 6.92 Å². The van der Waals surface area contributed by atoms with Crippen LogP contribution in [0.25, 0.3) is 0 Å². The summed E-state index contributed by atoms with van der Waals surface area (Å²) in [6.07, 6.45) is 4.73. The molecule has 0 heterocycles. The minimum atomic E-state index is -0.937. The average Bonchev–Trinajstić information content (AvgIpc) is 2.33. The Morgan fingerprint density at radius 2 is 1.79 bits per heavy atom. The molecule has 2 aliphatic carbocycles. The largest absolute Gasteiger partial charge is 0.468 e. The number of hydrogen-bond donors (Lipinski definition) is 0. The van der Waals surface area contributed by atoms with E-state index in [1.807, 2.05) is 0 Å². The molecule has 2 fully saturated rings. The van der Waals surface area contributed by atoms with Crippen LogP contribution in [0.3, 0.4) is 0 Å². The second-order valence-corrected chi connectivity index (χ2v) is 7.50. The molecule has 0 aromatic rings. The average molecular weight is 266 g/mol. The van der Waals surface area contributed by atoms with E-state index < -0.39 is 5.41 Å². The van der Waals surface area contributed by atoms with Crippen molar-refractivity contribution < 1.29 is 14.3 Å². The maximum absolute atomic E-state index is 13.0. The Balaban J connectivity index is 2.40. The molecule has 0 aromatic heterocycles. The molecule has 0 radical (unpaired) electrons. The number of esters is 1. The molecular formula is C16H26O3. The Morgan fingerprint density at radius 1 is 1.16 bits per heavy atom. The molecule has 3 atom stereocenters. The zero-order valence-electron chi connectivity index (χ0n) is 12.8. The number of ketones is 1. The van der Waals surface area contributed by atoms with Crippen molar-refractivity contribution in [2.45, 2.75) is 59.8 Å². The SMILES string of the molecule is COC(=O)C1(C)CC[C@H]2C(C)(C)CCC[C@]2(C)C1=O. The van der Waals surface area contributed by atoms with Gasteiger partial charge in [-0.15, -0.1) is 0 Å². The Morgan fingerprint density at radius 3 is 2.37 bits per heavy atom. The molecule has 108 valence electrons. The lowest BCUT2D eigenvalue weighted by Crippen LogP contribution is -2.57. The topological polar surface area (TPSA) is 43.4 Å². The minimum absolute atomic E-state index is 0.107. The van der Waals surface area contributed by atoms with Gasteiger partial charge in [-0.2, -0.15) is 0 Å². The first-order chi connectivity index (χ1) is 8.68. The molecule has 19 heavy (non-hydrogen) atoms. The minimum Gasteiger partial charge on any atom is -0.468 e. The number of fused-ring (bicyclic) bond motifs is 1. The molecule has 0 bridgehead atoms. The molecule has 1 unspecified atom stereocenters. The summed E-state index contributed by atoms with van der Waals surface area (Å²) in [5.41, 5.74) is -1.10. The molecule has 0 N–H and O–H groups in total. The van der Waals surface area contributed by atoms with E-state index in [9.17, 15) is 9.59 Å². The fraction of sp³-hybridized carbons (Fsp3) is 0.875. The van der Waals surface area contributed by atoms with E-state index >= 15 is 0 Å². The Labute approximate surface area is 116 Å². The molecule has 0 spiro atoms. The normalized spacial score (nSPS) is 41.5. The summed E-state index contributed by atoms with van der Waals surface area (Å²) >= 11 is 0. The van der Waals surface area contributed by atoms with Crippen LogP contribution in [0.2, 0.25) is 0 Å². The van der Waals surface area contributed by atoms with Gasteiger partial charge in [0.2, 0.25) is 0 Å². The second-order valence-electron chi connectivity index (χ2n) is 7.50. The van der Waals surface area contributed by atoms with Crippen LogP contribution in [0, 0.1) is 22.2 Å². The lowest BCUT2D eigenvalue weighted by molar-refractivity contribution is -0.172. The molecule has 0 aromatic carbocycles. The van der Waals surface area contributed by atoms with E-state index in [0.29, 0.717) is 12.3 Å². The van der Waals surface area contributed by atoms with Gasteiger partial charge in [-0.25, -0.2) is 0 Å². The molecule has 2 aliphatic rings. The number of carbonyl (C=O) groups excluding carboxylic acids is 2. The fourth-order valence-electron chi connectivity index (χ4n) is 4.70. The highest BCUT2D eigenvalue weighted by molar-refractivity contribution is 6.06. The third-order valence-electron chi connectivity index (χ3n) is 5.82.